The lowest BCUT2D eigenvalue weighted by atomic mass is 10.1. The van der Waals surface area contributed by atoms with Crippen molar-refractivity contribution in [1.29, 1.82) is 0 Å². The Morgan fingerprint density at radius 1 is 1.16 bits per heavy atom. The molecule has 2 aromatic heterocycles. The molecule has 2 heterocycles. The second-order valence-electron chi connectivity index (χ2n) is 4.95. The van der Waals surface area contributed by atoms with Crippen LogP contribution in [0.25, 0.3) is 0 Å². The highest BCUT2D eigenvalue weighted by atomic mass is 35.5. The standard InChI is InChI=1S/C15H10ClN3O5S/c16-10-1-3-11(4-2-10)25(22,23)15-9(5-6-24-15)7-12(20)13(21)14-17-8-18-19-14/h1-6,8H,7H2,(H,17,18,19). The number of benzene rings is 1. The number of carbonyl (C=O) groups is 2. The predicted molar refractivity (Wildman–Crippen MR) is 85.0 cm³/mol. The second kappa shape index (κ2) is 6.61. The maximum atomic E-state index is 12.6. The molecule has 0 amide bonds. The minimum Gasteiger partial charge on any atom is -0.452 e. The molecule has 0 aliphatic heterocycles. The first-order valence-electron chi connectivity index (χ1n) is 6.89. The van der Waals surface area contributed by atoms with Crippen LogP contribution < -0.4 is 0 Å². The third-order valence-corrected chi connectivity index (χ3v) is 5.30. The zero-order valence-electron chi connectivity index (χ0n) is 12.5. The fourth-order valence-electron chi connectivity index (χ4n) is 2.11. The minimum absolute atomic E-state index is 0.0397. The van der Waals surface area contributed by atoms with Gasteiger partial charge in [0.1, 0.15) is 6.33 Å². The molecule has 0 aliphatic rings. The van der Waals surface area contributed by atoms with Crippen LogP contribution in [0, 0.1) is 0 Å². The maximum Gasteiger partial charge on any atom is 0.265 e. The molecular weight excluding hydrogens is 370 g/mol. The third-order valence-electron chi connectivity index (χ3n) is 3.31. The lowest BCUT2D eigenvalue weighted by molar-refractivity contribution is -0.114. The van der Waals surface area contributed by atoms with Crippen LogP contribution in [0.3, 0.4) is 0 Å². The van der Waals surface area contributed by atoms with Crippen LogP contribution in [0.4, 0.5) is 0 Å². The van der Waals surface area contributed by atoms with E-state index in [2.05, 4.69) is 15.2 Å². The Balaban J connectivity index is 1.89. The quantitative estimate of drug-likeness (QED) is 0.512. The number of aromatic nitrogens is 3. The van der Waals surface area contributed by atoms with Crippen molar-refractivity contribution in [3.05, 3.63) is 59.3 Å². The number of H-pyrrole nitrogens is 1. The van der Waals surface area contributed by atoms with Crippen molar-refractivity contribution < 1.29 is 22.4 Å². The van der Waals surface area contributed by atoms with Gasteiger partial charge in [-0.3, -0.25) is 14.7 Å². The lowest BCUT2D eigenvalue weighted by Gasteiger charge is -2.04. The zero-order chi connectivity index (χ0) is 18.0. The normalized spacial score (nSPS) is 11.4. The first kappa shape index (κ1) is 17.1. The Morgan fingerprint density at radius 3 is 2.52 bits per heavy atom. The van der Waals surface area contributed by atoms with Crippen LogP contribution in [0.15, 0.2) is 57.3 Å². The van der Waals surface area contributed by atoms with Gasteiger partial charge >= 0.3 is 0 Å². The molecule has 10 heteroatoms. The Bertz CT molecular complexity index is 1020. The van der Waals surface area contributed by atoms with Crippen molar-refractivity contribution in [2.45, 2.75) is 16.4 Å². The summed E-state index contributed by atoms with van der Waals surface area (Å²) in [5.74, 6) is -1.95. The molecule has 1 aromatic carbocycles. The largest absolute Gasteiger partial charge is 0.452 e. The average Bonchev–Trinajstić information content (AvgIpc) is 3.26. The Labute approximate surface area is 146 Å². The number of hydrogen-bond donors (Lipinski definition) is 1. The van der Waals surface area contributed by atoms with Crippen molar-refractivity contribution in [2.75, 3.05) is 0 Å². The van der Waals surface area contributed by atoms with Crippen molar-refractivity contribution in [3.63, 3.8) is 0 Å². The van der Waals surface area contributed by atoms with Gasteiger partial charge in [-0.25, -0.2) is 13.4 Å². The Morgan fingerprint density at radius 2 is 1.88 bits per heavy atom. The van der Waals surface area contributed by atoms with E-state index in [9.17, 15) is 18.0 Å². The van der Waals surface area contributed by atoms with Gasteiger partial charge in [-0.15, -0.1) is 0 Å². The Hall–Kier alpha value is -2.78. The van der Waals surface area contributed by atoms with E-state index in [1.165, 1.54) is 30.3 Å². The van der Waals surface area contributed by atoms with Gasteiger partial charge in [-0.2, -0.15) is 5.10 Å². The van der Waals surface area contributed by atoms with Gasteiger partial charge in [-0.05, 0) is 30.3 Å². The predicted octanol–water partition coefficient (Wildman–Crippen LogP) is 1.88. The van der Waals surface area contributed by atoms with Crippen LogP contribution in [0.1, 0.15) is 16.2 Å². The molecule has 3 rings (SSSR count). The van der Waals surface area contributed by atoms with Crippen molar-refractivity contribution in [2.24, 2.45) is 0 Å². The molecule has 25 heavy (non-hydrogen) atoms. The number of carbonyl (C=O) groups excluding carboxylic acids is 2. The highest BCUT2D eigenvalue weighted by molar-refractivity contribution is 7.91. The summed E-state index contributed by atoms with van der Waals surface area (Å²) < 4.78 is 30.4. The van der Waals surface area contributed by atoms with E-state index in [1.807, 2.05) is 0 Å². The number of nitrogens with zero attached hydrogens (tertiary/aromatic N) is 2. The van der Waals surface area contributed by atoms with Gasteiger partial charge in [-0.1, -0.05) is 11.6 Å². The summed E-state index contributed by atoms with van der Waals surface area (Å²) in [7, 11) is -3.99. The summed E-state index contributed by atoms with van der Waals surface area (Å²) >= 11 is 5.76. The summed E-state index contributed by atoms with van der Waals surface area (Å²) in [4.78, 5) is 27.6. The maximum absolute atomic E-state index is 12.6. The van der Waals surface area contributed by atoms with Gasteiger partial charge in [0.25, 0.3) is 5.78 Å². The smallest absolute Gasteiger partial charge is 0.265 e. The van der Waals surface area contributed by atoms with Crippen molar-refractivity contribution in [1.82, 2.24) is 15.2 Å². The van der Waals surface area contributed by atoms with Crippen molar-refractivity contribution >= 4 is 33.0 Å². The highest BCUT2D eigenvalue weighted by Crippen LogP contribution is 2.26. The van der Waals surface area contributed by atoms with Gasteiger partial charge in [0.15, 0.2) is 5.82 Å². The van der Waals surface area contributed by atoms with Crippen LogP contribution in [-0.2, 0) is 21.1 Å². The van der Waals surface area contributed by atoms with E-state index < -0.39 is 32.9 Å². The van der Waals surface area contributed by atoms with E-state index >= 15 is 0 Å². The summed E-state index contributed by atoms with van der Waals surface area (Å²) in [6.45, 7) is 0. The molecule has 0 spiro atoms. The molecule has 0 radical (unpaired) electrons. The molecule has 0 atom stereocenters. The van der Waals surface area contributed by atoms with Gasteiger partial charge in [0.2, 0.25) is 20.7 Å². The van der Waals surface area contributed by atoms with Crippen LogP contribution >= 0.6 is 11.6 Å². The first-order chi connectivity index (χ1) is 11.9. The summed E-state index contributed by atoms with van der Waals surface area (Å²) in [6, 6.07) is 6.83. The van der Waals surface area contributed by atoms with E-state index in [0.29, 0.717) is 5.02 Å². The number of nitrogens with one attached hydrogen (secondary N) is 1. The monoisotopic (exact) mass is 379 g/mol. The fourth-order valence-corrected chi connectivity index (χ4v) is 3.61. The first-order valence-corrected chi connectivity index (χ1v) is 8.75. The molecule has 3 aromatic rings. The molecule has 8 nitrogen and oxygen atoms in total. The molecule has 0 bridgehead atoms. The number of aromatic amines is 1. The number of Topliss-reactive ketones (excluding diaryl/α,β-unsaturated/α-hetero) is 2. The number of rotatable bonds is 6. The summed E-state index contributed by atoms with van der Waals surface area (Å²) in [6.07, 6.45) is 1.79. The van der Waals surface area contributed by atoms with E-state index in [0.717, 1.165) is 12.6 Å². The SMILES string of the molecule is O=C(Cc1ccoc1S(=O)(=O)c1ccc(Cl)cc1)C(=O)c1ncn[nH]1. The number of sulfone groups is 1. The molecule has 0 saturated carbocycles. The number of hydrogen-bond acceptors (Lipinski definition) is 7. The molecule has 0 fully saturated rings. The van der Waals surface area contributed by atoms with Gasteiger partial charge in [0, 0.05) is 17.0 Å². The molecule has 0 aliphatic carbocycles. The molecular formula is C15H10ClN3O5S. The molecule has 0 unspecified atom stereocenters. The fraction of sp³-hybridized carbons (Fsp3) is 0.0667. The van der Waals surface area contributed by atoms with Crippen LogP contribution in [0.5, 0.6) is 0 Å². The van der Waals surface area contributed by atoms with Gasteiger partial charge in [0.05, 0.1) is 11.2 Å². The number of ketones is 2. The minimum atomic E-state index is -3.99. The van der Waals surface area contributed by atoms with Crippen LogP contribution in [0.2, 0.25) is 5.02 Å². The average molecular weight is 380 g/mol. The Kier molecular flexibility index (Phi) is 4.51. The third kappa shape index (κ3) is 3.37. The lowest BCUT2D eigenvalue weighted by Crippen LogP contribution is -2.19. The second-order valence-corrected chi connectivity index (χ2v) is 7.24. The van der Waals surface area contributed by atoms with Gasteiger partial charge < -0.3 is 4.42 Å². The summed E-state index contributed by atoms with van der Waals surface area (Å²) in [5, 5.41) is 5.77. The number of halogens is 1. The molecule has 1 N–H and O–H groups in total. The highest BCUT2D eigenvalue weighted by Gasteiger charge is 2.28. The van der Waals surface area contributed by atoms with E-state index in [4.69, 9.17) is 16.0 Å². The van der Waals surface area contributed by atoms with Crippen LogP contribution in [-0.4, -0.2) is 35.2 Å². The van der Waals surface area contributed by atoms with Crippen molar-refractivity contribution in [3.8, 4) is 0 Å². The van der Waals surface area contributed by atoms with E-state index in [1.54, 1.807) is 0 Å². The van der Waals surface area contributed by atoms with E-state index in [-0.39, 0.29) is 16.3 Å². The number of furan rings is 1. The summed E-state index contributed by atoms with van der Waals surface area (Å²) in [5.41, 5.74) is 0.0767. The molecule has 0 saturated heterocycles. The topological polar surface area (TPSA) is 123 Å². The molecule has 128 valence electrons. The zero-order valence-corrected chi connectivity index (χ0v) is 14.0.